The van der Waals surface area contributed by atoms with Crippen LogP contribution in [0, 0.1) is 23.3 Å². The van der Waals surface area contributed by atoms with E-state index in [4.69, 9.17) is 5.26 Å². The topological polar surface area (TPSA) is 27.0 Å². The first-order valence-electron chi connectivity index (χ1n) is 3.35. The maximum absolute atomic E-state index is 8.37. The second-order valence-corrected chi connectivity index (χ2v) is 2.95. The number of rotatable bonds is 2. The van der Waals surface area contributed by atoms with Crippen LogP contribution in [0.15, 0.2) is 0 Å². The van der Waals surface area contributed by atoms with Gasteiger partial charge in [-0.2, -0.15) is 5.26 Å². The molecule has 50 valence electrons. The molecular formula is C7H12N2. The second kappa shape index (κ2) is 2.26. The Labute approximate surface area is 56.1 Å². The molecule has 1 aliphatic rings. The van der Waals surface area contributed by atoms with Crippen LogP contribution < -0.4 is 0 Å². The predicted octanol–water partition coefficient (Wildman–Crippen LogP) is 1.06. The van der Waals surface area contributed by atoms with Crippen molar-refractivity contribution in [3.63, 3.8) is 0 Å². The summed E-state index contributed by atoms with van der Waals surface area (Å²) in [6.45, 7) is 3.19. The van der Waals surface area contributed by atoms with Crippen LogP contribution in [0.3, 0.4) is 0 Å². The van der Waals surface area contributed by atoms with E-state index in [1.807, 2.05) is 7.05 Å². The molecule has 2 heteroatoms. The summed E-state index contributed by atoms with van der Waals surface area (Å²) >= 11 is 0. The highest BCUT2D eigenvalue weighted by molar-refractivity contribution is 4.86. The molecule has 2 nitrogen and oxygen atoms in total. The first-order valence-corrected chi connectivity index (χ1v) is 3.35. The molecule has 0 radical (unpaired) electrons. The normalized spacial score (nSPS) is 31.2. The first kappa shape index (κ1) is 6.41. The molecule has 9 heavy (non-hydrogen) atoms. The Kier molecular flexibility index (Phi) is 1.61. The van der Waals surface area contributed by atoms with Crippen molar-refractivity contribution in [1.29, 1.82) is 5.26 Å². The second-order valence-electron chi connectivity index (χ2n) is 2.95. The molecule has 0 bridgehead atoms. The Bertz CT molecular complexity index is 136. The smallest absolute Gasteiger partial charge is 0.179 e. The molecule has 1 rings (SSSR count). The third-order valence-electron chi connectivity index (χ3n) is 1.96. The van der Waals surface area contributed by atoms with Crippen LogP contribution in [0.5, 0.6) is 0 Å². The monoisotopic (exact) mass is 124 g/mol. The fourth-order valence-electron chi connectivity index (χ4n) is 1.05. The van der Waals surface area contributed by atoms with Gasteiger partial charge in [-0.05, 0) is 18.3 Å². The molecule has 2 unspecified atom stereocenters. The maximum atomic E-state index is 8.37. The van der Waals surface area contributed by atoms with Gasteiger partial charge in [0.25, 0.3) is 0 Å². The van der Waals surface area contributed by atoms with Crippen LogP contribution in [0.2, 0.25) is 0 Å². The molecular weight excluding hydrogens is 112 g/mol. The molecule has 0 amide bonds. The zero-order valence-corrected chi connectivity index (χ0v) is 5.96. The van der Waals surface area contributed by atoms with Crippen molar-refractivity contribution in [2.24, 2.45) is 11.8 Å². The van der Waals surface area contributed by atoms with E-state index in [2.05, 4.69) is 13.1 Å². The van der Waals surface area contributed by atoms with E-state index in [-0.39, 0.29) is 0 Å². The van der Waals surface area contributed by atoms with E-state index in [9.17, 15) is 0 Å². The van der Waals surface area contributed by atoms with E-state index < -0.39 is 0 Å². The van der Waals surface area contributed by atoms with Gasteiger partial charge in [-0.15, -0.1) is 0 Å². The predicted molar refractivity (Wildman–Crippen MR) is 35.5 cm³/mol. The van der Waals surface area contributed by atoms with Gasteiger partial charge in [0.15, 0.2) is 6.19 Å². The molecule has 0 N–H and O–H groups in total. The van der Waals surface area contributed by atoms with Crippen molar-refractivity contribution < 1.29 is 0 Å². The molecule has 1 saturated carbocycles. The van der Waals surface area contributed by atoms with E-state index in [0.717, 1.165) is 18.4 Å². The van der Waals surface area contributed by atoms with Crippen LogP contribution in [0.25, 0.3) is 0 Å². The lowest BCUT2D eigenvalue weighted by Gasteiger charge is -2.05. The average Bonchev–Trinajstić information content (AvgIpc) is 2.47. The van der Waals surface area contributed by atoms with Gasteiger partial charge < -0.3 is 4.90 Å². The zero-order valence-electron chi connectivity index (χ0n) is 5.96. The standard InChI is InChI=1S/C7H12N2/c1-6-3-7(6)4-9(2)5-8/h6-7H,3-4H2,1-2H3. The van der Waals surface area contributed by atoms with Crippen molar-refractivity contribution in [2.75, 3.05) is 13.6 Å². The fraction of sp³-hybridized carbons (Fsp3) is 0.857. The van der Waals surface area contributed by atoms with Gasteiger partial charge in [0.05, 0.1) is 0 Å². The average molecular weight is 124 g/mol. The van der Waals surface area contributed by atoms with Crippen molar-refractivity contribution >= 4 is 0 Å². The summed E-state index contributed by atoms with van der Waals surface area (Å²) in [4.78, 5) is 1.70. The third kappa shape index (κ3) is 1.60. The lowest BCUT2D eigenvalue weighted by Crippen LogP contribution is -2.14. The highest BCUT2D eigenvalue weighted by Gasteiger charge is 2.32. The van der Waals surface area contributed by atoms with Crippen LogP contribution in [-0.2, 0) is 0 Å². The van der Waals surface area contributed by atoms with Crippen LogP contribution in [0.1, 0.15) is 13.3 Å². The first-order chi connectivity index (χ1) is 4.24. The summed E-state index contributed by atoms with van der Waals surface area (Å²) in [5.41, 5.74) is 0. The van der Waals surface area contributed by atoms with Crippen molar-refractivity contribution in [3.8, 4) is 6.19 Å². The number of hydrogen-bond donors (Lipinski definition) is 0. The lowest BCUT2D eigenvalue weighted by molar-refractivity contribution is 0.437. The maximum Gasteiger partial charge on any atom is 0.179 e. The van der Waals surface area contributed by atoms with Gasteiger partial charge in [0, 0.05) is 13.6 Å². The minimum Gasteiger partial charge on any atom is -0.313 e. The van der Waals surface area contributed by atoms with Crippen molar-refractivity contribution in [2.45, 2.75) is 13.3 Å². The molecule has 0 aromatic heterocycles. The number of hydrogen-bond acceptors (Lipinski definition) is 2. The Morgan fingerprint density at radius 3 is 2.67 bits per heavy atom. The molecule has 2 atom stereocenters. The van der Waals surface area contributed by atoms with Crippen molar-refractivity contribution in [1.82, 2.24) is 4.90 Å². The van der Waals surface area contributed by atoms with E-state index in [1.54, 1.807) is 4.90 Å². The molecule has 0 aliphatic heterocycles. The Hall–Kier alpha value is -0.710. The Morgan fingerprint density at radius 2 is 2.33 bits per heavy atom. The van der Waals surface area contributed by atoms with Gasteiger partial charge in [-0.1, -0.05) is 6.92 Å². The van der Waals surface area contributed by atoms with Crippen LogP contribution in [0.4, 0.5) is 0 Å². The Balaban J connectivity index is 2.14. The largest absolute Gasteiger partial charge is 0.313 e. The quantitative estimate of drug-likeness (QED) is 0.406. The van der Waals surface area contributed by atoms with Gasteiger partial charge in [-0.3, -0.25) is 0 Å². The molecule has 0 aromatic carbocycles. The molecule has 0 heterocycles. The summed E-state index contributed by atoms with van der Waals surface area (Å²) < 4.78 is 0. The minimum absolute atomic E-state index is 0.801. The van der Waals surface area contributed by atoms with E-state index in [1.165, 1.54) is 6.42 Å². The molecule has 0 spiro atoms. The zero-order chi connectivity index (χ0) is 6.85. The lowest BCUT2D eigenvalue weighted by atomic mass is 10.3. The molecule has 0 aromatic rings. The highest BCUT2D eigenvalue weighted by atomic mass is 15.1. The number of nitrogens with zero attached hydrogens (tertiary/aromatic N) is 2. The molecule has 1 fully saturated rings. The summed E-state index contributed by atoms with van der Waals surface area (Å²) in [5.74, 6) is 1.66. The molecule has 1 aliphatic carbocycles. The molecule has 0 saturated heterocycles. The van der Waals surface area contributed by atoms with Gasteiger partial charge >= 0.3 is 0 Å². The summed E-state index contributed by atoms with van der Waals surface area (Å²) in [7, 11) is 1.84. The Morgan fingerprint density at radius 1 is 1.78 bits per heavy atom. The van der Waals surface area contributed by atoms with Gasteiger partial charge in [0.1, 0.15) is 0 Å². The fourth-order valence-corrected chi connectivity index (χ4v) is 1.05. The van der Waals surface area contributed by atoms with E-state index >= 15 is 0 Å². The third-order valence-corrected chi connectivity index (χ3v) is 1.96. The van der Waals surface area contributed by atoms with Crippen LogP contribution >= 0.6 is 0 Å². The minimum atomic E-state index is 0.801. The summed E-state index contributed by atoms with van der Waals surface area (Å²) in [6, 6.07) is 0. The number of nitriles is 1. The van der Waals surface area contributed by atoms with Crippen LogP contribution in [-0.4, -0.2) is 18.5 Å². The summed E-state index contributed by atoms with van der Waals surface area (Å²) in [5, 5.41) is 8.37. The van der Waals surface area contributed by atoms with Gasteiger partial charge in [0.2, 0.25) is 0 Å². The SMILES string of the molecule is CC1CC1CN(C)C#N. The highest BCUT2D eigenvalue weighted by Crippen LogP contribution is 2.37. The van der Waals surface area contributed by atoms with E-state index in [0.29, 0.717) is 0 Å². The van der Waals surface area contributed by atoms with Gasteiger partial charge in [-0.25, -0.2) is 0 Å². The van der Waals surface area contributed by atoms with Crippen molar-refractivity contribution in [3.05, 3.63) is 0 Å². The summed E-state index contributed by atoms with van der Waals surface area (Å²) in [6.07, 6.45) is 3.40.